The Balaban J connectivity index is 0.000000291. The Kier molecular flexibility index (Phi) is 20.3. The summed E-state index contributed by atoms with van der Waals surface area (Å²) in [5, 5.41) is 27.0. The number of amides is 5. The number of benzene rings is 1. The second kappa shape index (κ2) is 25.1. The summed E-state index contributed by atoms with van der Waals surface area (Å²) < 4.78 is 15.1. The van der Waals surface area contributed by atoms with Crippen LogP contribution >= 0.6 is 12.6 Å². The van der Waals surface area contributed by atoms with E-state index in [9.17, 15) is 33.9 Å². The van der Waals surface area contributed by atoms with E-state index in [0.29, 0.717) is 55.3 Å². The Bertz CT molecular complexity index is 1980. The number of allylic oxidation sites excluding steroid dienone is 1. The van der Waals surface area contributed by atoms with E-state index in [1.165, 1.54) is 18.0 Å². The maximum absolute atomic E-state index is 15.1. The van der Waals surface area contributed by atoms with Crippen molar-refractivity contribution in [1.29, 1.82) is 0 Å². The van der Waals surface area contributed by atoms with E-state index < -0.39 is 29.3 Å². The summed E-state index contributed by atoms with van der Waals surface area (Å²) in [7, 11) is 2.46. The molecule has 0 aliphatic carbocycles. The van der Waals surface area contributed by atoms with E-state index >= 15 is 4.39 Å². The summed E-state index contributed by atoms with van der Waals surface area (Å²) in [4.78, 5) is 88.9. The molecule has 5 N–H and O–H groups in total. The molecule has 0 radical (unpaired) electrons. The molecule has 0 spiro atoms. The number of halogens is 1. The minimum absolute atomic E-state index is 0.0110. The highest BCUT2D eigenvalue weighted by Gasteiger charge is 2.42. The van der Waals surface area contributed by atoms with Gasteiger partial charge >= 0.3 is 0 Å². The maximum atomic E-state index is 15.1. The normalized spacial score (nSPS) is 18.2. The number of carbonyl (C=O) groups excluding carboxylic acids is 6. The Morgan fingerprint density at radius 1 is 1.03 bits per heavy atom. The van der Waals surface area contributed by atoms with E-state index in [-0.39, 0.29) is 53.4 Å². The number of rotatable bonds is 16. The molecule has 2 aromatic rings. The fourth-order valence-corrected chi connectivity index (χ4v) is 8.99. The lowest BCUT2D eigenvalue weighted by molar-refractivity contribution is -0.133. The van der Waals surface area contributed by atoms with Crippen LogP contribution in [0.15, 0.2) is 24.4 Å². The van der Waals surface area contributed by atoms with Crippen LogP contribution in [-0.4, -0.2) is 149 Å². The maximum Gasteiger partial charge on any atom is 0.262 e. The molecule has 5 heterocycles. The molecule has 4 aliphatic heterocycles. The Labute approximate surface area is 387 Å². The molecule has 3 saturated heterocycles. The van der Waals surface area contributed by atoms with Crippen molar-refractivity contribution in [2.24, 2.45) is 5.92 Å². The van der Waals surface area contributed by atoms with Gasteiger partial charge in [-0.05, 0) is 103 Å². The number of nitrogens with one attached hydrogen (secondary N) is 3. The van der Waals surface area contributed by atoms with Crippen LogP contribution in [0.3, 0.4) is 0 Å². The highest BCUT2D eigenvalue weighted by molar-refractivity contribution is 7.80. The van der Waals surface area contributed by atoms with Gasteiger partial charge in [-0.25, -0.2) is 9.37 Å². The first-order valence-corrected chi connectivity index (χ1v) is 23.1. The van der Waals surface area contributed by atoms with Gasteiger partial charge in [-0.3, -0.25) is 33.8 Å². The van der Waals surface area contributed by atoms with Gasteiger partial charge in [-0.1, -0.05) is 19.1 Å². The number of fused-ring (bicyclic) bond motifs is 1. The molecule has 1 aromatic heterocycles. The number of hydrogen-bond donors (Lipinski definition) is 6. The quantitative estimate of drug-likeness (QED) is 0.0803. The number of anilines is 3. The lowest BCUT2D eigenvalue weighted by atomic mass is 9.92. The van der Waals surface area contributed by atoms with Crippen molar-refractivity contribution in [3.8, 4) is 0 Å². The standard InChI is InChI=1S/C26H33FN4O5S.C19H31N5O2.CH4O/c1-28-23(33)3-2-17(15-32)31-25(35)19-13-21(27)22(14-20(19)26(31)36)29-8-4-16(5-9-29)12-24(34)30-10-6-18(37)7-11-30;1-5-7-14-12-21-18(22-15-8-10-20-11-9-15)23-17(14)24(13-25)16(6-2)19(3,4)26;1-2/h13-18,37H,2-12H2,1H3,(H,28,33);5,7,12-13,15-16,20,26H,6,8-11H2,1-4H3,(H,21,22,23);2H,1H3/b;7-5-;/t;16-;/m.1./s1. The van der Waals surface area contributed by atoms with Crippen LogP contribution in [0.2, 0.25) is 0 Å². The average Bonchev–Trinajstić information content (AvgIpc) is 3.54. The predicted molar refractivity (Wildman–Crippen MR) is 252 cm³/mol. The summed E-state index contributed by atoms with van der Waals surface area (Å²) in [6.07, 6.45) is 13.0. The van der Waals surface area contributed by atoms with Gasteiger partial charge in [0.05, 0.1) is 34.5 Å². The molecule has 2 atom stereocenters. The fourth-order valence-electron chi connectivity index (χ4n) is 8.75. The first kappa shape index (κ1) is 52.6. The molecule has 17 nitrogen and oxygen atoms in total. The fraction of sp³-hybridized carbons (Fsp3) is 0.609. The molecular formula is C46H68FN9O8S. The zero-order valence-electron chi connectivity index (χ0n) is 38.6. The van der Waals surface area contributed by atoms with Crippen LogP contribution in [0.1, 0.15) is 118 Å². The van der Waals surface area contributed by atoms with E-state index in [4.69, 9.17) is 5.11 Å². The third kappa shape index (κ3) is 13.8. The topological polar surface area (TPSA) is 218 Å². The van der Waals surface area contributed by atoms with Crippen molar-refractivity contribution in [2.75, 3.05) is 68.5 Å². The number of aldehydes is 1. The number of aliphatic hydroxyl groups is 2. The highest BCUT2D eigenvalue weighted by Crippen LogP contribution is 2.35. The minimum Gasteiger partial charge on any atom is -0.400 e. The Morgan fingerprint density at radius 3 is 2.22 bits per heavy atom. The minimum atomic E-state index is -1.11. The molecule has 5 amide bonds. The number of nitrogens with zero attached hydrogens (tertiary/aromatic N) is 6. The van der Waals surface area contributed by atoms with Gasteiger partial charge in [0.15, 0.2) is 0 Å². The van der Waals surface area contributed by atoms with E-state index in [2.05, 4.69) is 38.5 Å². The summed E-state index contributed by atoms with van der Waals surface area (Å²) in [5.74, 6) is -0.937. The van der Waals surface area contributed by atoms with Crippen LogP contribution in [0.5, 0.6) is 0 Å². The van der Waals surface area contributed by atoms with Gasteiger partial charge in [0, 0.05) is 76.2 Å². The lowest BCUT2D eigenvalue weighted by Crippen LogP contribution is -2.49. The third-order valence-electron chi connectivity index (χ3n) is 12.4. The highest BCUT2D eigenvalue weighted by atomic mass is 32.1. The first-order valence-electron chi connectivity index (χ1n) is 22.6. The molecule has 3 fully saturated rings. The van der Waals surface area contributed by atoms with Crippen molar-refractivity contribution >= 4 is 72.5 Å². The molecule has 6 rings (SSSR count). The molecule has 1 aromatic carbocycles. The number of aromatic nitrogens is 2. The summed E-state index contributed by atoms with van der Waals surface area (Å²) in [5.41, 5.74) is -0.0914. The van der Waals surface area contributed by atoms with Gasteiger partial charge in [-0.2, -0.15) is 17.6 Å². The molecule has 65 heavy (non-hydrogen) atoms. The predicted octanol–water partition coefficient (Wildman–Crippen LogP) is 3.84. The number of likely N-dealkylation sites (tertiary alicyclic amines) is 1. The van der Waals surface area contributed by atoms with Crippen LogP contribution in [0, 0.1) is 11.7 Å². The largest absolute Gasteiger partial charge is 0.400 e. The summed E-state index contributed by atoms with van der Waals surface area (Å²) in [6, 6.07) is 1.27. The summed E-state index contributed by atoms with van der Waals surface area (Å²) >= 11 is 4.48. The molecule has 1 unspecified atom stereocenters. The van der Waals surface area contributed by atoms with Crippen molar-refractivity contribution in [3.63, 3.8) is 0 Å². The van der Waals surface area contributed by atoms with Gasteiger partial charge in [-0.15, -0.1) is 0 Å². The van der Waals surface area contributed by atoms with Crippen molar-refractivity contribution < 1.29 is 43.4 Å². The van der Waals surface area contributed by atoms with E-state index in [1.54, 1.807) is 20.0 Å². The van der Waals surface area contributed by atoms with Crippen LogP contribution in [-0.2, 0) is 19.2 Å². The van der Waals surface area contributed by atoms with E-state index in [1.807, 2.05) is 35.8 Å². The smallest absolute Gasteiger partial charge is 0.262 e. The number of thiol groups is 1. The monoisotopic (exact) mass is 925 g/mol. The van der Waals surface area contributed by atoms with Gasteiger partial charge in [0.2, 0.25) is 24.2 Å². The Morgan fingerprint density at radius 2 is 1.66 bits per heavy atom. The first-order chi connectivity index (χ1) is 31.1. The molecule has 4 aliphatic rings. The zero-order valence-corrected chi connectivity index (χ0v) is 39.5. The molecular weight excluding hydrogens is 858 g/mol. The number of aliphatic hydroxyl groups excluding tert-OH is 1. The number of imide groups is 1. The molecule has 358 valence electrons. The lowest BCUT2D eigenvalue weighted by Gasteiger charge is -2.36. The number of hydrogen-bond acceptors (Lipinski definition) is 14. The second-order valence-corrected chi connectivity index (χ2v) is 18.0. The van der Waals surface area contributed by atoms with Crippen LogP contribution in [0.25, 0.3) is 6.08 Å². The number of piperidine rings is 3. The van der Waals surface area contributed by atoms with E-state index in [0.717, 1.165) is 94.8 Å². The second-order valence-electron chi connectivity index (χ2n) is 17.2. The molecule has 19 heteroatoms. The zero-order chi connectivity index (χ0) is 47.8. The molecule has 0 saturated carbocycles. The van der Waals surface area contributed by atoms with Crippen molar-refractivity contribution in [1.82, 2.24) is 30.4 Å². The van der Waals surface area contributed by atoms with Gasteiger partial charge in [0.1, 0.15) is 17.9 Å². The van der Waals surface area contributed by atoms with Crippen LogP contribution in [0.4, 0.5) is 21.8 Å². The van der Waals surface area contributed by atoms with Crippen molar-refractivity contribution in [3.05, 3.63) is 46.9 Å². The summed E-state index contributed by atoms with van der Waals surface area (Å²) in [6.45, 7) is 11.8. The van der Waals surface area contributed by atoms with Crippen LogP contribution < -0.4 is 25.8 Å². The SMILES string of the molecule is C/C=C\c1cnc(NC2CCNCC2)nc1N(C=O)[C@H](CC)C(C)(C)O.CNC(=O)CCC(C=O)N1C(=O)c2cc(F)c(N3CCC(CC(=O)N4CCC(S)CC4)CC3)cc2C1=O.CO. The Hall–Kier alpha value is -4.98. The van der Waals surface area contributed by atoms with Gasteiger partial charge in [0.25, 0.3) is 11.8 Å². The molecule has 0 bridgehead atoms. The average molecular weight is 926 g/mol. The van der Waals surface area contributed by atoms with Crippen molar-refractivity contribution in [2.45, 2.75) is 121 Å². The van der Waals surface area contributed by atoms with Gasteiger partial charge < -0.3 is 40.8 Å². The third-order valence-corrected chi connectivity index (χ3v) is 12.9. The number of carbonyl (C=O) groups is 6.